The van der Waals surface area contributed by atoms with Gasteiger partial charge in [0.1, 0.15) is 11.3 Å². The number of nitrogens with one attached hydrogen (secondary N) is 2. The van der Waals surface area contributed by atoms with Crippen molar-refractivity contribution in [3.63, 3.8) is 0 Å². The van der Waals surface area contributed by atoms with Gasteiger partial charge in [-0.15, -0.1) is 0 Å². The molecule has 1 aromatic carbocycles. The molecule has 138 valence electrons. The number of hydrogen-bond acceptors (Lipinski definition) is 5. The van der Waals surface area contributed by atoms with Gasteiger partial charge in [-0.2, -0.15) is 0 Å². The van der Waals surface area contributed by atoms with Crippen LogP contribution in [0.25, 0.3) is 0 Å². The number of benzene rings is 1. The van der Waals surface area contributed by atoms with E-state index in [9.17, 15) is 14.0 Å². The SMILES string of the molecule is COc1cc(NC(=O)c2c(C)cc(C3CCCNC3)oc2=O)ccc1F. The summed E-state index contributed by atoms with van der Waals surface area (Å²) in [6.45, 7) is 3.42. The van der Waals surface area contributed by atoms with E-state index in [1.807, 2.05) is 0 Å². The van der Waals surface area contributed by atoms with E-state index >= 15 is 0 Å². The molecule has 1 aromatic heterocycles. The molecule has 1 amide bonds. The summed E-state index contributed by atoms with van der Waals surface area (Å²) in [4.78, 5) is 24.9. The Kier molecular flexibility index (Phi) is 5.37. The van der Waals surface area contributed by atoms with E-state index in [1.165, 1.54) is 25.3 Å². The van der Waals surface area contributed by atoms with Gasteiger partial charge >= 0.3 is 5.63 Å². The minimum Gasteiger partial charge on any atom is -0.494 e. The molecule has 1 saturated heterocycles. The van der Waals surface area contributed by atoms with Gasteiger partial charge in [0.05, 0.1) is 7.11 Å². The maximum atomic E-state index is 13.5. The molecule has 0 radical (unpaired) electrons. The summed E-state index contributed by atoms with van der Waals surface area (Å²) in [6.07, 6.45) is 1.96. The van der Waals surface area contributed by atoms with Crippen LogP contribution in [0.15, 0.2) is 33.5 Å². The molecule has 26 heavy (non-hydrogen) atoms. The molecule has 1 fully saturated rings. The Balaban J connectivity index is 1.84. The third-order valence-corrected chi connectivity index (χ3v) is 4.50. The van der Waals surface area contributed by atoms with Gasteiger partial charge in [-0.1, -0.05) is 0 Å². The summed E-state index contributed by atoms with van der Waals surface area (Å²) in [6, 6.07) is 5.68. The van der Waals surface area contributed by atoms with Crippen molar-refractivity contribution in [1.29, 1.82) is 0 Å². The van der Waals surface area contributed by atoms with Crippen LogP contribution in [0.2, 0.25) is 0 Å². The number of carbonyl (C=O) groups excluding carboxylic acids is 1. The van der Waals surface area contributed by atoms with Crippen LogP contribution in [0.4, 0.5) is 10.1 Å². The normalized spacial score (nSPS) is 17.0. The van der Waals surface area contributed by atoms with Crippen LogP contribution in [0.3, 0.4) is 0 Å². The summed E-state index contributed by atoms with van der Waals surface area (Å²) >= 11 is 0. The molecule has 0 spiro atoms. The van der Waals surface area contributed by atoms with Gasteiger partial charge < -0.3 is 19.8 Å². The quantitative estimate of drug-likeness (QED) is 0.876. The fourth-order valence-corrected chi connectivity index (χ4v) is 3.13. The minimum atomic E-state index is -0.669. The van der Waals surface area contributed by atoms with E-state index in [0.29, 0.717) is 17.0 Å². The third-order valence-electron chi connectivity index (χ3n) is 4.50. The summed E-state index contributed by atoms with van der Waals surface area (Å²) in [7, 11) is 1.33. The Morgan fingerprint density at radius 1 is 1.38 bits per heavy atom. The first-order chi connectivity index (χ1) is 12.5. The van der Waals surface area contributed by atoms with Crippen LogP contribution in [0.5, 0.6) is 5.75 Å². The highest BCUT2D eigenvalue weighted by atomic mass is 19.1. The molecular weight excluding hydrogens is 339 g/mol. The Morgan fingerprint density at radius 2 is 2.19 bits per heavy atom. The largest absolute Gasteiger partial charge is 0.494 e. The molecule has 1 unspecified atom stereocenters. The monoisotopic (exact) mass is 360 g/mol. The van der Waals surface area contributed by atoms with Gasteiger partial charge in [-0.25, -0.2) is 9.18 Å². The van der Waals surface area contributed by atoms with Crippen molar-refractivity contribution in [2.45, 2.75) is 25.7 Å². The number of carbonyl (C=O) groups is 1. The van der Waals surface area contributed by atoms with E-state index in [4.69, 9.17) is 9.15 Å². The lowest BCUT2D eigenvalue weighted by Crippen LogP contribution is -2.30. The highest BCUT2D eigenvalue weighted by Gasteiger charge is 2.22. The maximum absolute atomic E-state index is 13.5. The molecular formula is C19H21FN2O4. The standard InChI is InChI=1S/C19H21FN2O4/c1-11-8-15(12-4-3-7-21-10-12)26-19(24)17(11)18(23)22-13-5-6-14(20)16(9-13)25-2/h5-6,8-9,12,21H,3-4,7,10H2,1-2H3,(H,22,23). The molecule has 1 aliphatic heterocycles. The molecule has 3 rings (SSSR count). The van der Waals surface area contributed by atoms with Crippen molar-refractivity contribution in [1.82, 2.24) is 5.32 Å². The minimum absolute atomic E-state index is 0.00621. The zero-order chi connectivity index (χ0) is 18.7. The van der Waals surface area contributed by atoms with Crippen LogP contribution in [-0.4, -0.2) is 26.1 Å². The predicted octanol–water partition coefficient (Wildman–Crippen LogP) is 2.82. The van der Waals surface area contributed by atoms with Gasteiger partial charge in [-0.05, 0) is 50.1 Å². The lowest BCUT2D eigenvalue weighted by Gasteiger charge is -2.22. The first kappa shape index (κ1) is 18.1. The van der Waals surface area contributed by atoms with E-state index in [1.54, 1.807) is 13.0 Å². The molecule has 2 heterocycles. The molecule has 2 aromatic rings. The van der Waals surface area contributed by atoms with Crippen LogP contribution < -0.4 is 21.0 Å². The van der Waals surface area contributed by atoms with Crippen molar-refractivity contribution in [2.24, 2.45) is 0 Å². The zero-order valence-corrected chi connectivity index (χ0v) is 14.7. The van der Waals surface area contributed by atoms with Crippen molar-refractivity contribution < 1.29 is 18.3 Å². The average molecular weight is 360 g/mol. The van der Waals surface area contributed by atoms with Crippen molar-refractivity contribution >= 4 is 11.6 Å². The lowest BCUT2D eigenvalue weighted by atomic mass is 9.95. The number of amides is 1. The number of hydrogen-bond donors (Lipinski definition) is 2. The van der Waals surface area contributed by atoms with Gasteiger partial charge in [0, 0.05) is 24.2 Å². The number of methoxy groups -OCH3 is 1. The lowest BCUT2D eigenvalue weighted by molar-refractivity contribution is 0.102. The van der Waals surface area contributed by atoms with Gasteiger partial charge in [0.2, 0.25) is 0 Å². The fourth-order valence-electron chi connectivity index (χ4n) is 3.13. The number of anilines is 1. The molecule has 1 atom stereocenters. The maximum Gasteiger partial charge on any atom is 0.349 e. The molecule has 0 aliphatic carbocycles. The molecule has 7 heteroatoms. The van der Waals surface area contributed by atoms with Crippen LogP contribution in [0, 0.1) is 12.7 Å². The van der Waals surface area contributed by atoms with Crippen molar-refractivity contribution in [3.8, 4) is 5.75 Å². The molecule has 6 nitrogen and oxygen atoms in total. The predicted molar refractivity (Wildman–Crippen MR) is 95.5 cm³/mol. The molecule has 0 saturated carbocycles. The fraction of sp³-hybridized carbons (Fsp3) is 0.368. The van der Waals surface area contributed by atoms with Crippen molar-refractivity contribution in [3.05, 3.63) is 57.4 Å². The highest BCUT2D eigenvalue weighted by Crippen LogP contribution is 2.25. The van der Waals surface area contributed by atoms with E-state index in [-0.39, 0.29) is 17.2 Å². The second-order valence-electron chi connectivity index (χ2n) is 6.34. The first-order valence-corrected chi connectivity index (χ1v) is 8.50. The smallest absolute Gasteiger partial charge is 0.349 e. The van der Waals surface area contributed by atoms with Gasteiger partial charge in [0.15, 0.2) is 11.6 Å². The Hall–Kier alpha value is -2.67. The van der Waals surface area contributed by atoms with E-state index in [0.717, 1.165) is 25.9 Å². The van der Waals surface area contributed by atoms with Gasteiger partial charge in [0.25, 0.3) is 5.91 Å². The number of rotatable bonds is 4. The van der Waals surface area contributed by atoms with Crippen LogP contribution in [0.1, 0.15) is 40.4 Å². The first-order valence-electron chi connectivity index (χ1n) is 8.50. The second-order valence-corrected chi connectivity index (χ2v) is 6.34. The average Bonchev–Trinajstić information content (AvgIpc) is 2.63. The number of piperidine rings is 1. The second kappa shape index (κ2) is 7.70. The summed E-state index contributed by atoms with van der Waals surface area (Å²) < 4.78 is 23.8. The number of ether oxygens (including phenoxy) is 1. The summed E-state index contributed by atoms with van der Waals surface area (Å²) in [5.41, 5.74) is 0.152. The van der Waals surface area contributed by atoms with Crippen LogP contribution in [-0.2, 0) is 0 Å². The van der Waals surface area contributed by atoms with Crippen LogP contribution >= 0.6 is 0 Å². The topological polar surface area (TPSA) is 80.6 Å². The molecule has 1 aliphatic rings. The molecule has 0 bridgehead atoms. The highest BCUT2D eigenvalue weighted by molar-refractivity contribution is 6.05. The Bertz CT molecular complexity index is 872. The Labute approximate surface area is 150 Å². The van der Waals surface area contributed by atoms with Gasteiger partial charge in [-0.3, -0.25) is 4.79 Å². The summed E-state index contributed by atoms with van der Waals surface area (Å²) in [5.74, 6) is -0.398. The Morgan fingerprint density at radius 3 is 2.85 bits per heavy atom. The zero-order valence-electron chi connectivity index (χ0n) is 14.7. The molecule has 2 N–H and O–H groups in total. The van der Waals surface area contributed by atoms with E-state index < -0.39 is 17.3 Å². The summed E-state index contributed by atoms with van der Waals surface area (Å²) in [5, 5.41) is 5.86. The van der Waals surface area contributed by atoms with Crippen molar-refractivity contribution in [2.75, 3.05) is 25.5 Å². The number of aryl methyl sites for hydroxylation is 1. The number of halogens is 1. The third kappa shape index (κ3) is 3.77. The van der Waals surface area contributed by atoms with E-state index in [2.05, 4.69) is 10.6 Å².